The fourth-order valence-corrected chi connectivity index (χ4v) is 2.14. The number of halogens is 3. The number of rotatable bonds is 3. The summed E-state index contributed by atoms with van der Waals surface area (Å²) in [6, 6.07) is 7.05. The predicted molar refractivity (Wildman–Crippen MR) is 74.0 cm³/mol. The number of furan rings is 1. The van der Waals surface area contributed by atoms with E-state index in [1.807, 2.05) is 0 Å². The van der Waals surface area contributed by atoms with Gasteiger partial charge < -0.3 is 22.1 Å². The van der Waals surface area contributed by atoms with Crippen LogP contribution in [0.3, 0.4) is 0 Å². The SMILES string of the molecule is Cc1cc(Oc2nccc3occc23)ccc1[B-](F)(F)F.[K+]. The molecule has 3 rings (SSSR count). The molecule has 0 N–H and O–H groups in total. The second kappa shape index (κ2) is 6.76. The smallest absolute Gasteiger partial charge is 0.464 e. The molecule has 3 aromatic rings. The number of ether oxygens (including phenoxy) is 1. The first-order chi connectivity index (χ1) is 9.95. The molecule has 0 aliphatic rings. The number of pyridine rings is 1. The van der Waals surface area contributed by atoms with Crippen molar-refractivity contribution in [1.82, 2.24) is 4.98 Å². The van der Waals surface area contributed by atoms with Gasteiger partial charge in [0.05, 0.1) is 11.6 Å². The van der Waals surface area contributed by atoms with Crippen molar-refractivity contribution in [1.29, 1.82) is 0 Å². The second-order valence-corrected chi connectivity index (χ2v) is 4.64. The van der Waals surface area contributed by atoms with E-state index >= 15 is 0 Å². The fraction of sp³-hybridized carbons (Fsp3) is 0.0714. The zero-order valence-corrected chi connectivity index (χ0v) is 15.1. The Morgan fingerprint density at radius 1 is 1.14 bits per heavy atom. The summed E-state index contributed by atoms with van der Waals surface area (Å²) in [5.74, 6) is 0.600. The molecule has 0 bridgehead atoms. The van der Waals surface area contributed by atoms with Gasteiger partial charge in [0.25, 0.3) is 0 Å². The van der Waals surface area contributed by atoms with Crippen LogP contribution in [0.25, 0.3) is 11.0 Å². The van der Waals surface area contributed by atoms with Gasteiger partial charge >= 0.3 is 58.4 Å². The van der Waals surface area contributed by atoms with Gasteiger partial charge in [-0.1, -0.05) is 11.6 Å². The van der Waals surface area contributed by atoms with Gasteiger partial charge in [-0.15, -0.1) is 5.46 Å². The maximum atomic E-state index is 12.8. The van der Waals surface area contributed by atoms with Crippen LogP contribution in [-0.4, -0.2) is 12.0 Å². The number of aryl methyl sites for hydroxylation is 1. The van der Waals surface area contributed by atoms with E-state index in [1.165, 1.54) is 31.5 Å². The van der Waals surface area contributed by atoms with Crippen molar-refractivity contribution >= 4 is 23.4 Å². The Morgan fingerprint density at radius 3 is 2.59 bits per heavy atom. The molecule has 0 atom stereocenters. The topological polar surface area (TPSA) is 35.3 Å². The first-order valence-electron chi connectivity index (χ1n) is 6.26. The maximum Gasteiger partial charge on any atom is 1.00 e. The van der Waals surface area contributed by atoms with Crippen molar-refractivity contribution < 1.29 is 73.5 Å². The third-order valence-electron chi connectivity index (χ3n) is 3.15. The van der Waals surface area contributed by atoms with E-state index in [1.54, 1.807) is 12.1 Å². The van der Waals surface area contributed by atoms with Gasteiger partial charge in [-0.25, -0.2) is 4.98 Å². The Morgan fingerprint density at radius 2 is 1.91 bits per heavy atom. The molecule has 0 aliphatic heterocycles. The molecule has 3 nitrogen and oxygen atoms in total. The van der Waals surface area contributed by atoms with Crippen LogP contribution in [0.4, 0.5) is 12.9 Å². The van der Waals surface area contributed by atoms with Gasteiger partial charge in [-0.05, 0) is 31.2 Å². The summed E-state index contributed by atoms with van der Waals surface area (Å²) in [4.78, 5) is 4.07. The van der Waals surface area contributed by atoms with Gasteiger partial charge in [0.2, 0.25) is 5.88 Å². The molecular formula is C14H10BF3KNO2. The monoisotopic (exact) mass is 331 g/mol. The average Bonchev–Trinajstić information content (AvgIpc) is 2.86. The van der Waals surface area contributed by atoms with Gasteiger partial charge in [0.1, 0.15) is 11.3 Å². The van der Waals surface area contributed by atoms with E-state index in [0.29, 0.717) is 22.6 Å². The summed E-state index contributed by atoms with van der Waals surface area (Å²) in [7, 11) is 0. The molecule has 0 fully saturated rings. The average molecular weight is 331 g/mol. The number of hydrogen-bond donors (Lipinski definition) is 0. The van der Waals surface area contributed by atoms with E-state index in [2.05, 4.69) is 4.98 Å². The molecule has 0 radical (unpaired) electrons. The molecule has 22 heavy (non-hydrogen) atoms. The first-order valence-corrected chi connectivity index (χ1v) is 6.26. The molecule has 0 spiro atoms. The first kappa shape index (κ1) is 17.6. The molecule has 108 valence electrons. The van der Waals surface area contributed by atoms with E-state index in [9.17, 15) is 12.9 Å². The minimum absolute atomic E-state index is 0. The predicted octanol–water partition coefficient (Wildman–Crippen LogP) is 0.987. The van der Waals surface area contributed by atoms with Gasteiger partial charge in [-0.3, -0.25) is 0 Å². The van der Waals surface area contributed by atoms with Gasteiger partial charge in [0, 0.05) is 6.20 Å². The van der Waals surface area contributed by atoms with E-state index in [4.69, 9.17) is 9.15 Å². The van der Waals surface area contributed by atoms with Crippen LogP contribution in [0.2, 0.25) is 0 Å². The molecular weight excluding hydrogens is 321 g/mol. The van der Waals surface area contributed by atoms with Crippen molar-refractivity contribution in [2.45, 2.75) is 6.92 Å². The largest absolute Gasteiger partial charge is 1.00 e. The Labute approximate surface area is 167 Å². The Bertz CT molecular complexity index is 804. The molecule has 0 amide bonds. The number of benzene rings is 1. The summed E-state index contributed by atoms with van der Waals surface area (Å²) in [6.07, 6.45) is 3.01. The van der Waals surface area contributed by atoms with Crippen LogP contribution in [-0.2, 0) is 0 Å². The molecule has 8 heteroatoms. The second-order valence-electron chi connectivity index (χ2n) is 4.64. The maximum absolute atomic E-state index is 12.8. The number of hydrogen-bond acceptors (Lipinski definition) is 3. The van der Waals surface area contributed by atoms with Crippen LogP contribution in [0.15, 0.2) is 47.2 Å². The van der Waals surface area contributed by atoms with Crippen molar-refractivity contribution in [3.8, 4) is 11.6 Å². The summed E-state index contributed by atoms with van der Waals surface area (Å²) in [6.45, 7) is -3.61. The standard InChI is InChI=1S/C14H10BF3NO2.K/c1-9-8-10(2-3-12(9)15(16,17)18)21-14-11-5-7-20-13(11)4-6-19-14;/h2-8H,1H3;/q-1;+1. The molecule has 0 unspecified atom stereocenters. The zero-order chi connectivity index (χ0) is 15.0. The summed E-state index contributed by atoms with van der Waals surface area (Å²) in [5, 5.41) is 0.666. The van der Waals surface area contributed by atoms with Crippen molar-refractivity contribution in [3.05, 3.63) is 48.4 Å². The van der Waals surface area contributed by atoms with Crippen molar-refractivity contribution in [3.63, 3.8) is 0 Å². The summed E-state index contributed by atoms with van der Waals surface area (Å²) >= 11 is 0. The van der Waals surface area contributed by atoms with Crippen LogP contribution in [0.1, 0.15) is 5.56 Å². The molecule has 0 saturated carbocycles. The Hall–Kier alpha value is -0.799. The third-order valence-corrected chi connectivity index (χ3v) is 3.15. The molecule has 2 heterocycles. The molecule has 2 aromatic heterocycles. The van der Waals surface area contributed by atoms with Crippen LogP contribution in [0.5, 0.6) is 11.6 Å². The quantitative estimate of drug-likeness (QED) is 0.672. The summed E-state index contributed by atoms with van der Waals surface area (Å²) in [5.41, 5.74) is 0.114. The summed E-state index contributed by atoms with van der Waals surface area (Å²) < 4.78 is 49.1. The fourth-order valence-electron chi connectivity index (χ4n) is 2.14. The number of nitrogens with zero attached hydrogens (tertiary/aromatic N) is 1. The molecule has 0 saturated heterocycles. The van der Waals surface area contributed by atoms with Crippen molar-refractivity contribution in [2.24, 2.45) is 0 Å². The van der Waals surface area contributed by atoms with E-state index in [0.717, 1.165) is 6.07 Å². The number of aromatic nitrogens is 1. The molecule has 1 aromatic carbocycles. The number of fused-ring (bicyclic) bond motifs is 1. The van der Waals surface area contributed by atoms with Crippen molar-refractivity contribution in [2.75, 3.05) is 0 Å². The normalized spacial score (nSPS) is 11.3. The van der Waals surface area contributed by atoms with Gasteiger partial charge in [-0.2, -0.15) is 0 Å². The van der Waals surface area contributed by atoms with Crippen LogP contribution < -0.4 is 61.6 Å². The van der Waals surface area contributed by atoms with E-state index in [-0.39, 0.29) is 56.9 Å². The minimum atomic E-state index is -5.02. The third kappa shape index (κ3) is 3.57. The zero-order valence-electron chi connectivity index (χ0n) is 12.0. The Balaban J connectivity index is 0.00000176. The Kier molecular flexibility index (Phi) is 5.39. The van der Waals surface area contributed by atoms with Crippen LogP contribution in [0, 0.1) is 6.92 Å². The minimum Gasteiger partial charge on any atom is -0.464 e. The molecule has 0 aliphatic carbocycles. The van der Waals surface area contributed by atoms with Crippen LogP contribution >= 0.6 is 0 Å². The van der Waals surface area contributed by atoms with E-state index < -0.39 is 12.4 Å². The van der Waals surface area contributed by atoms with Gasteiger partial charge in [0.15, 0.2) is 0 Å².